The van der Waals surface area contributed by atoms with Crippen LogP contribution < -0.4 is 14.4 Å². The van der Waals surface area contributed by atoms with Crippen molar-refractivity contribution in [1.82, 2.24) is 9.27 Å². The van der Waals surface area contributed by atoms with Crippen LogP contribution in [-0.4, -0.2) is 66.9 Å². The normalized spacial score (nSPS) is 16.3. The van der Waals surface area contributed by atoms with E-state index in [1.54, 1.807) is 18.6 Å². The van der Waals surface area contributed by atoms with Crippen molar-refractivity contribution < 1.29 is 14.6 Å². The number of piperazine rings is 1. The third-order valence-electron chi connectivity index (χ3n) is 5.00. The first-order valence-corrected chi connectivity index (χ1v) is 10.3. The highest BCUT2D eigenvalue weighted by Gasteiger charge is 2.22. The molecule has 0 aliphatic carbocycles. The first kappa shape index (κ1) is 19.0. The molecule has 7 heteroatoms. The van der Waals surface area contributed by atoms with Gasteiger partial charge >= 0.3 is 0 Å². The number of hydrogen-bond donors (Lipinski definition) is 1. The van der Waals surface area contributed by atoms with Gasteiger partial charge in [0, 0.05) is 38.1 Å². The Balaban J connectivity index is 1.24. The zero-order valence-electron chi connectivity index (χ0n) is 16.0. The highest BCUT2D eigenvalue weighted by molar-refractivity contribution is 7.13. The van der Waals surface area contributed by atoms with Crippen LogP contribution in [0.1, 0.15) is 0 Å². The van der Waals surface area contributed by atoms with Crippen molar-refractivity contribution in [3.8, 4) is 11.5 Å². The van der Waals surface area contributed by atoms with Crippen LogP contribution in [0.3, 0.4) is 0 Å². The van der Waals surface area contributed by atoms with E-state index in [0.29, 0.717) is 6.54 Å². The molecule has 28 heavy (non-hydrogen) atoms. The van der Waals surface area contributed by atoms with Crippen LogP contribution in [0.2, 0.25) is 0 Å². The fourth-order valence-corrected chi connectivity index (χ4v) is 4.25. The molecule has 0 spiro atoms. The molecule has 2 heterocycles. The van der Waals surface area contributed by atoms with Crippen molar-refractivity contribution in [1.29, 1.82) is 0 Å². The fourth-order valence-electron chi connectivity index (χ4n) is 3.46. The lowest BCUT2D eigenvalue weighted by molar-refractivity contribution is 0.0663. The second-order valence-corrected chi connectivity index (χ2v) is 7.74. The molecule has 3 aromatic rings. The molecule has 1 saturated heterocycles. The van der Waals surface area contributed by atoms with Gasteiger partial charge in [0.25, 0.3) is 0 Å². The molecular weight excluding hydrogens is 374 g/mol. The number of fused-ring (bicyclic) bond motifs is 1. The Bertz CT molecular complexity index is 891. The van der Waals surface area contributed by atoms with Crippen LogP contribution in [0.15, 0.2) is 48.5 Å². The first-order chi connectivity index (χ1) is 13.7. The Morgan fingerprint density at radius 1 is 1.04 bits per heavy atom. The molecule has 1 aliphatic heterocycles. The molecule has 148 valence electrons. The third kappa shape index (κ3) is 4.38. The Kier molecular flexibility index (Phi) is 5.95. The maximum atomic E-state index is 10.3. The number of methoxy groups -OCH3 is 1. The largest absolute Gasteiger partial charge is 0.497 e. The molecule has 1 N–H and O–H groups in total. The number of benzene rings is 2. The summed E-state index contributed by atoms with van der Waals surface area (Å²) in [6.45, 7) is 4.54. The SMILES string of the molecule is COc1ccc(OCC(O)CN2CCN(c3nsc4ccccc34)CC2)cc1. The van der Waals surface area contributed by atoms with Crippen molar-refractivity contribution in [3.63, 3.8) is 0 Å². The summed E-state index contributed by atoms with van der Waals surface area (Å²) in [4.78, 5) is 4.63. The van der Waals surface area contributed by atoms with Crippen molar-refractivity contribution in [2.45, 2.75) is 6.10 Å². The van der Waals surface area contributed by atoms with Crippen molar-refractivity contribution in [2.75, 3.05) is 51.3 Å². The monoisotopic (exact) mass is 399 g/mol. The Labute approximate surface area is 169 Å². The molecule has 1 unspecified atom stereocenters. The Morgan fingerprint density at radius 2 is 1.75 bits per heavy atom. The quantitative estimate of drug-likeness (QED) is 0.659. The summed E-state index contributed by atoms with van der Waals surface area (Å²) in [6.07, 6.45) is -0.520. The number of nitrogens with zero attached hydrogens (tertiary/aromatic N) is 3. The molecule has 6 nitrogen and oxygen atoms in total. The number of ether oxygens (including phenoxy) is 2. The molecular formula is C21H25N3O3S. The second-order valence-electron chi connectivity index (χ2n) is 6.93. The van der Waals surface area contributed by atoms with Gasteiger partial charge in [-0.1, -0.05) is 12.1 Å². The van der Waals surface area contributed by atoms with Crippen LogP contribution in [-0.2, 0) is 0 Å². The molecule has 0 radical (unpaired) electrons. The second kappa shape index (κ2) is 8.77. The van der Waals surface area contributed by atoms with Crippen molar-refractivity contribution >= 4 is 27.4 Å². The van der Waals surface area contributed by atoms with E-state index in [0.717, 1.165) is 43.5 Å². The van der Waals surface area contributed by atoms with E-state index < -0.39 is 6.10 Å². The summed E-state index contributed by atoms with van der Waals surface area (Å²) in [6, 6.07) is 15.8. The highest BCUT2D eigenvalue weighted by atomic mass is 32.1. The predicted molar refractivity (Wildman–Crippen MR) is 113 cm³/mol. The molecule has 1 aromatic heterocycles. The predicted octanol–water partition coefficient (Wildman–Crippen LogP) is 2.87. The summed E-state index contributed by atoms with van der Waals surface area (Å²) in [5, 5.41) is 11.6. The van der Waals surface area contributed by atoms with Crippen LogP contribution in [0.5, 0.6) is 11.5 Å². The van der Waals surface area contributed by atoms with Gasteiger partial charge in [0.2, 0.25) is 0 Å². The van der Waals surface area contributed by atoms with Crippen LogP contribution in [0.4, 0.5) is 5.82 Å². The van der Waals surface area contributed by atoms with E-state index in [2.05, 4.69) is 38.4 Å². The van der Waals surface area contributed by atoms with Crippen molar-refractivity contribution in [3.05, 3.63) is 48.5 Å². The summed E-state index contributed by atoms with van der Waals surface area (Å²) in [5.74, 6) is 2.61. The summed E-state index contributed by atoms with van der Waals surface area (Å²) in [7, 11) is 1.64. The number of aliphatic hydroxyl groups is 1. The zero-order chi connectivity index (χ0) is 19.3. The molecule has 0 saturated carbocycles. The van der Waals surface area contributed by atoms with Gasteiger partial charge in [0.15, 0.2) is 0 Å². The van der Waals surface area contributed by atoms with E-state index in [1.165, 1.54) is 10.1 Å². The maximum absolute atomic E-state index is 10.3. The smallest absolute Gasteiger partial charge is 0.150 e. The zero-order valence-corrected chi connectivity index (χ0v) is 16.8. The van der Waals surface area contributed by atoms with E-state index in [9.17, 15) is 5.11 Å². The first-order valence-electron chi connectivity index (χ1n) is 9.49. The minimum absolute atomic E-state index is 0.281. The summed E-state index contributed by atoms with van der Waals surface area (Å²) in [5.41, 5.74) is 0. The van der Waals surface area contributed by atoms with Gasteiger partial charge in [-0.05, 0) is 47.9 Å². The lowest BCUT2D eigenvalue weighted by Gasteiger charge is -2.35. The minimum Gasteiger partial charge on any atom is -0.497 e. The number of hydrogen-bond acceptors (Lipinski definition) is 7. The average Bonchev–Trinajstić information content (AvgIpc) is 3.17. The minimum atomic E-state index is -0.520. The molecule has 4 rings (SSSR count). The average molecular weight is 400 g/mol. The van der Waals surface area contributed by atoms with Gasteiger partial charge in [-0.3, -0.25) is 4.90 Å². The lowest BCUT2D eigenvalue weighted by atomic mass is 10.2. The molecule has 1 aliphatic rings. The molecule has 1 fully saturated rings. The van der Waals surface area contributed by atoms with E-state index in [-0.39, 0.29) is 6.61 Å². The number of aliphatic hydroxyl groups excluding tert-OH is 1. The molecule has 0 bridgehead atoms. The lowest BCUT2D eigenvalue weighted by Crippen LogP contribution is -2.49. The molecule has 0 amide bonds. The van der Waals surface area contributed by atoms with E-state index in [1.807, 2.05) is 24.3 Å². The Hall–Kier alpha value is -2.35. The molecule has 1 atom stereocenters. The highest BCUT2D eigenvalue weighted by Crippen LogP contribution is 2.29. The molecule has 2 aromatic carbocycles. The number of aromatic nitrogens is 1. The maximum Gasteiger partial charge on any atom is 0.150 e. The number of anilines is 1. The third-order valence-corrected chi connectivity index (χ3v) is 5.82. The van der Waals surface area contributed by atoms with E-state index >= 15 is 0 Å². The van der Waals surface area contributed by atoms with Gasteiger partial charge < -0.3 is 19.5 Å². The number of rotatable bonds is 7. The fraction of sp³-hybridized carbons (Fsp3) is 0.381. The van der Waals surface area contributed by atoms with Crippen LogP contribution >= 0.6 is 11.5 Å². The summed E-state index contributed by atoms with van der Waals surface area (Å²) < 4.78 is 16.7. The van der Waals surface area contributed by atoms with Crippen LogP contribution in [0.25, 0.3) is 10.1 Å². The Morgan fingerprint density at radius 3 is 2.50 bits per heavy atom. The van der Waals surface area contributed by atoms with Crippen molar-refractivity contribution in [2.24, 2.45) is 0 Å². The van der Waals surface area contributed by atoms with Gasteiger partial charge in [0.1, 0.15) is 30.0 Å². The topological polar surface area (TPSA) is 58.1 Å². The summed E-state index contributed by atoms with van der Waals surface area (Å²) >= 11 is 1.56. The van der Waals surface area contributed by atoms with Gasteiger partial charge in [-0.2, -0.15) is 4.37 Å². The van der Waals surface area contributed by atoms with Gasteiger partial charge in [-0.15, -0.1) is 0 Å². The standard InChI is InChI=1S/C21H25N3O3S/c1-26-17-6-8-18(9-7-17)27-15-16(25)14-23-10-12-24(13-11-23)21-19-4-2-3-5-20(19)28-22-21/h2-9,16,25H,10-15H2,1H3. The van der Waals surface area contributed by atoms with Gasteiger partial charge in [0.05, 0.1) is 11.8 Å². The number of β-amino-alcohol motifs (C(OH)–C–C–N with tert-alkyl or cyclic N) is 1. The van der Waals surface area contributed by atoms with E-state index in [4.69, 9.17) is 9.47 Å². The van der Waals surface area contributed by atoms with Crippen LogP contribution in [0, 0.1) is 0 Å². The van der Waals surface area contributed by atoms with Gasteiger partial charge in [-0.25, -0.2) is 0 Å².